The Morgan fingerprint density at radius 2 is 1.94 bits per heavy atom. The standard InChI is InChI=1S/C12H13NO.C2H6/c1-9(14)6-7-11-8-10-4-2-3-5-12(10)13-11;1-2/h2-5,8,13H,6-7H2,1H3;1-2H3. The van der Waals surface area contributed by atoms with Gasteiger partial charge in [0.2, 0.25) is 0 Å². The molecule has 2 rings (SSSR count). The molecule has 1 N–H and O–H groups in total. The quantitative estimate of drug-likeness (QED) is 0.835. The lowest BCUT2D eigenvalue weighted by molar-refractivity contribution is -0.116. The van der Waals surface area contributed by atoms with Gasteiger partial charge < -0.3 is 9.78 Å². The van der Waals surface area contributed by atoms with Crippen LogP contribution in [0.1, 0.15) is 32.9 Å². The monoisotopic (exact) mass is 217 g/mol. The van der Waals surface area contributed by atoms with Crippen LogP contribution in [0.2, 0.25) is 0 Å². The van der Waals surface area contributed by atoms with Gasteiger partial charge in [-0.2, -0.15) is 0 Å². The van der Waals surface area contributed by atoms with E-state index in [1.807, 2.05) is 32.0 Å². The lowest BCUT2D eigenvalue weighted by Gasteiger charge is -1.92. The molecule has 0 bridgehead atoms. The number of aryl methyl sites for hydroxylation is 1. The Balaban J connectivity index is 0.000000606. The minimum Gasteiger partial charge on any atom is -0.358 e. The first-order chi connectivity index (χ1) is 7.75. The average Bonchev–Trinajstić information content (AvgIpc) is 2.71. The SMILES string of the molecule is CC.CC(=O)CCc1cc2ccccc2[nH]1. The largest absolute Gasteiger partial charge is 0.358 e. The fourth-order valence-corrected chi connectivity index (χ4v) is 1.58. The van der Waals surface area contributed by atoms with Gasteiger partial charge in [0.05, 0.1) is 0 Å². The molecule has 0 saturated carbocycles. The second kappa shape index (κ2) is 6.11. The van der Waals surface area contributed by atoms with Crippen molar-refractivity contribution in [3.63, 3.8) is 0 Å². The minimum absolute atomic E-state index is 0.239. The van der Waals surface area contributed by atoms with Crippen molar-refractivity contribution in [3.8, 4) is 0 Å². The number of aromatic amines is 1. The summed E-state index contributed by atoms with van der Waals surface area (Å²) < 4.78 is 0. The molecule has 0 saturated heterocycles. The van der Waals surface area contributed by atoms with E-state index in [2.05, 4.69) is 17.1 Å². The molecule has 16 heavy (non-hydrogen) atoms. The number of hydrogen-bond donors (Lipinski definition) is 1. The van der Waals surface area contributed by atoms with E-state index in [0.29, 0.717) is 6.42 Å². The molecule has 0 aliphatic carbocycles. The van der Waals surface area contributed by atoms with Crippen LogP contribution in [-0.2, 0) is 11.2 Å². The zero-order valence-electron chi connectivity index (χ0n) is 10.2. The van der Waals surface area contributed by atoms with Crippen LogP contribution in [0.5, 0.6) is 0 Å². The fourth-order valence-electron chi connectivity index (χ4n) is 1.58. The lowest BCUT2D eigenvalue weighted by Crippen LogP contribution is -1.93. The summed E-state index contributed by atoms with van der Waals surface area (Å²) in [6.45, 7) is 5.63. The summed E-state index contributed by atoms with van der Waals surface area (Å²) in [4.78, 5) is 14.1. The third-order valence-electron chi connectivity index (χ3n) is 2.33. The van der Waals surface area contributed by atoms with E-state index in [-0.39, 0.29) is 5.78 Å². The van der Waals surface area contributed by atoms with Crippen LogP contribution in [0.15, 0.2) is 30.3 Å². The number of H-pyrrole nitrogens is 1. The first-order valence-corrected chi connectivity index (χ1v) is 5.82. The zero-order chi connectivity index (χ0) is 12.0. The molecule has 0 fully saturated rings. The topological polar surface area (TPSA) is 32.9 Å². The van der Waals surface area contributed by atoms with Gasteiger partial charge >= 0.3 is 0 Å². The van der Waals surface area contributed by atoms with Crippen LogP contribution in [0, 0.1) is 0 Å². The van der Waals surface area contributed by atoms with Crippen molar-refractivity contribution < 1.29 is 4.79 Å². The van der Waals surface area contributed by atoms with E-state index < -0.39 is 0 Å². The molecule has 1 heterocycles. The van der Waals surface area contributed by atoms with Crippen LogP contribution in [0.4, 0.5) is 0 Å². The highest BCUT2D eigenvalue weighted by Crippen LogP contribution is 2.15. The average molecular weight is 217 g/mol. The maximum absolute atomic E-state index is 10.8. The van der Waals surface area contributed by atoms with Gasteiger partial charge in [0, 0.05) is 17.6 Å². The number of hydrogen-bond acceptors (Lipinski definition) is 1. The van der Waals surface area contributed by atoms with E-state index in [0.717, 1.165) is 17.6 Å². The molecule has 0 radical (unpaired) electrons. The summed E-state index contributed by atoms with van der Waals surface area (Å²) in [6, 6.07) is 10.3. The number of carbonyl (C=O) groups excluding carboxylic acids is 1. The predicted molar refractivity (Wildman–Crippen MR) is 68.6 cm³/mol. The van der Waals surface area contributed by atoms with Crippen molar-refractivity contribution in [3.05, 3.63) is 36.0 Å². The number of nitrogens with one attached hydrogen (secondary N) is 1. The van der Waals surface area contributed by atoms with Crippen LogP contribution in [0.25, 0.3) is 10.9 Å². The molecular formula is C14H19NO. The fraction of sp³-hybridized carbons (Fsp3) is 0.357. The van der Waals surface area contributed by atoms with Gasteiger partial charge in [-0.3, -0.25) is 0 Å². The molecule has 0 unspecified atom stereocenters. The third-order valence-corrected chi connectivity index (χ3v) is 2.33. The molecule has 0 atom stereocenters. The molecule has 0 spiro atoms. The highest BCUT2D eigenvalue weighted by molar-refractivity contribution is 5.80. The lowest BCUT2D eigenvalue weighted by atomic mass is 10.2. The van der Waals surface area contributed by atoms with Crippen molar-refractivity contribution in [1.82, 2.24) is 4.98 Å². The Labute approximate surface area is 96.7 Å². The second-order valence-electron chi connectivity index (χ2n) is 3.58. The molecule has 86 valence electrons. The summed E-state index contributed by atoms with van der Waals surface area (Å²) in [6.07, 6.45) is 1.43. The Morgan fingerprint density at radius 1 is 1.25 bits per heavy atom. The molecule has 0 aliphatic heterocycles. The Hall–Kier alpha value is -1.57. The number of rotatable bonds is 3. The number of ketones is 1. The third kappa shape index (κ3) is 3.23. The van der Waals surface area contributed by atoms with E-state index >= 15 is 0 Å². The van der Waals surface area contributed by atoms with E-state index in [1.54, 1.807) is 6.92 Å². The molecule has 1 aromatic carbocycles. The number of benzene rings is 1. The summed E-state index contributed by atoms with van der Waals surface area (Å²) in [5.41, 5.74) is 2.28. The first-order valence-electron chi connectivity index (χ1n) is 5.82. The van der Waals surface area contributed by atoms with Gasteiger partial charge in [-0.15, -0.1) is 0 Å². The molecule has 0 amide bonds. The van der Waals surface area contributed by atoms with Crippen LogP contribution in [0.3, 0.4) is 0 Å². The number of aromatic nitrogens is 1. The molecule has 2 aromatic rings. The van der Waals surface area contributed by atoms with Gasteiger partial charge in [-0.1, -0.05) is 32.0 Å². The molecular weight excluding hydrogens is 198 g/mol. The Kier molecular flexibility index (Phi) is 4.77. The summed E-state index contributed by atoms with van der Waals surface area (Å²) in [5.74, 6) is 0.239. The van der Waals surface area contributed by atoms with Crippen molar-refractivity contribution in [2.24, 2.45) is 0 Å². The highest BCUT2D eigenvalue weighted by Gasteiger charge is 2.00. The second-order valence-corrected chi connectivity index (χ2v) is 3.58. The highest BCUT2D eigenvalue weighted by atomic mass is 16.1. The maximum atomic E-state index is 10.8. The normalized spacial score (nSPS) is 9.69. The number of Topliss-reactive ketones (excluding diaryl/α,β-unsaturated/α-hetero) is 1. The number of fused-ring (bicyclic) bond motifs is 1. The summed E-state index contributed by atoms with van der Waals surface area (Å²) in [5, 5.41) is 1.21. The van der Waals surface area contributed by atoms with Gasteiger partial charge in [0.1, 0.15) is 5.78 Å². The summed E-state index contributed by atoms with van der Waals surface area (Å²) >= 11 is 0. The van der Waals surface area contributed by atoms with Crippen molar-refractivity contribution in [1.29, 1.82) is 0 Å². The van der Waals surface area contributed by atoms with Crippen LogP contribution < -0.4 is 0 Å². The molecule has 2 heteroatoms. The maximum Gasteiger partial charge on any atom is 0.130 e. The number of carbonyl (C=O) groups is 1. The van der Waals surface area contributed by atoms with Crippen molar-refractivity contribution in [2.75, 3.05) is 0 Å². The first kappa shape index (κ1) is 12.5. The molecule has 0 aliphatic rings. The smallest absolute Gasteiger partial charge is 0.130 e. The van der Waals surface area contributed by atoms with E-state index in [4.69, 9.17) is 0 Å². The van der Waals surface area contributed by atoms with Crippen molar-refractivity contribution in [2.45, 2.75) is 33.6 Å². The molecule has 1 aromatic heterocycles. The minimum atomic E-state index is 0.239. The van der Waals surface area contributed by atoms with Gasteiger partial charge in [0.15, 0.2) is 0 Å². The number of para-hydroxylation sites is 1. The van der Waals surface area contributed by atoms with E-state index in [9.17, 15) is 4.79 Å². The van der Waals surface area contributed by atoms with Gasteiger partial charge in [-0.25, -0.2) is 0 Å². The Bertz CT molecular complexity index is 423. The summed E-state index contributed by atoms with van der Waals surface area (Å²) in [7, 11) is 0. The zero-order valence-corrected chi connectivity index (χ0v) is 10.2. The van der Waals surface area contributed by atoms with Crippen molar-refractivity contribution >= 4 is 16.7 Å². The Morgan fingerprint density at radius 3 is 2.56 bits per heavy atom. The predicted octanol–water partition coefficient (Wildman–Crippen LogP) is 3.72. The molecule has 2 nitrogen and oxygen atoms in total. The van der Waals surface area contributed by atoms with E-state index in [1.165, 1.54) is 5.39 Å². The van der Waals surface area contributed by atoms with Crippen LogP contribution in [-0.4, -0.2) is 10.8 Å². The van der Waals surface area contributed by atoms with Gasteiger partial charge in [0.25, 0.3) is 0 Å². The van der Waals surface area contributed by atoms with Gasteiger partial charge in [-0.05, 0) is 30.9 Å². The van der Waals surface area contributed by atoms with Crippen LogP contribution >= 0.6 is 0 Å².